The molecule has 4 rings (SSSR count). The van der Waals surface area contributed by atoms with Crippen LogP contribution in [0.1, 0.15) is 11.5 Å². The van der Waals surface area contributed by atoms with E-state index in [4.69, 9.17) is 9.84 Å². The molecule has 1 unspecified atom stereocenters. The number of aromatic nitrogens is 2. The summed E-state index contributed by atoms with van der Waals surface area (Å²) < 4.78 is 7.35. The van der Waals surface area contributed by atoms with Crippen molar-refractivity contribution in [3.8, 4) is 0 Å². The Balaban J connectivity index is 1.63. The van der Waals surface area contributed by atoms with Crippen LogP contribution in [0.2, 0.25) is 0 Å². The molecule has 0 bridgehead atoms. The third-order valence-electron chi connectivity index (χ3n) is 3.72. The molecule has 1 saturated heterocycles. The fraction of sp³-hybridized carbons (Fsp3) is 0.308. The van der Waals surface area contributed by atoms with Gasteiger partial charge in [0.15, 0.2) is 0 Å². The van der Waals surface area contributed by atoms with E-state index < -0.39 is 5.97 Å². The van der Waals surface area contributed by atoms with Crippen LogP contribution in [0.3, 0.4) is 0 Å². The molecule has 1 aromatic rings. The molecule has 0 aliphatic carbocycles. The number of carboxylic acids is 1. The van der Waals surface area contributed by atoms with Crippen molar-refractivity contribution >= 4 is 29.7 Å². The van der Waals surface area contributed by atoms with E-state index in [9.17, 15) is 9.59 Å². The van der Waals surface area contributed by atoms with Crippen LogP contribution < -0.4 is 0 Å². The Morgan fingerprint density at radius 3 is 3.24 bits per heavy atom. The van der Waals surface area contributed by atoms with E-state index in [1.54, 1.807) is 12.3 Å². The maximum Gasteiger partial charge on any atom is 0.353 e. The molecule has 21 heavy (non-hydrogen) atoms. The first kappa shape index (κ1) is 12.7. The number of aliphatic carboxylic acids is 1. The second kappa shape index (κ2) is 4.47. The number of hydrogen-bond donors (Lipinski definition) is 1. The molecule has 7 nitrogen and oxygen atoms in total. The van der Waals surface area contributed by atoms with Gasteiger partial charge in [0.05, 0.1) is 24.1 Å². The Kier molecular flexibility index (Phi) is 2.69. The highest BCUT2D eigenvalue weighted by atomic mass is 32.2. The summed E-state index contributed by atoms with van der Waals surface area (Å²) in [6.45, 7) is 1.82. The molecule has 0 saturated carbocycles. The Morgan fingerprint density at radius 1 is 1.57 bits per heavy atom. The monoisotopic (exact) mass is 305 g/mol. The largest absolute Gasteiger partial charge is 0.477 e. The summed E-state index contributed by atoms with van der Waals surface area (Å²) in [6.07, 6.45) is 3.52. The zero-order valence-electron chi connectivity index (χ0n) is 10.9. The second-order valence-corrected chi connectivity index (χ2v) is 5.83. The zero-order valence-corrected chi connectivity index (χ0v) is 11.7. The Bertz CT molecular complexity index is 721. The minimum atomic E-state index is -1.07. The summed E-state index contributed by atoms with van der Waals surface area (Å²) in [7, 11) is 0. The second-order valence-electron chi connectivity index (χ2n) is 4.88. The molecule has 1 fully saturated rings. The minimum absolute atomic E-state index is 0.0517. The molecule has 3 aliphatic rings. The van der Waals surface area contributed by atoms with Gasteiger partial charge in [-0.25, -0.2) is 9.78 Å². The predicted octanol–water partition coefficient (Wildman–Crippen LogP) is 0.638. The van der Waals surface area contributed by atoms with Crippen LogP contribution in [-0.2, 0) is 27.5 Å². The third-order valence-corrected chi connectivity index (χ3v) is 4.80. The zero-order chi connectivity index (χ0) is 14.6. The van der Waals surface area contributed by atoms with Gasteiger partial charge in [0.2, 0.25) is 0 Å². The lowest BCUT2D eigenvalue weighted by molar-refractivity contribution is -0.141. The number of fused-ring (bicyclic) bond motifs is 2. The fourth-order valence-corrected chi connectivity index (χ4v) is 3.78. The first-order chi connectivity index (χ1) is 10.2. The highest BCUT2D eigenvalue weighted by Gasteiger charge is 2.49. The highest BCUT2D eigenvalue weighted by Crippen LogP contribution is 2.45. The molecule has 1 amide bonds. The van der Waals surface area contributed by atoms with Crippen LogP contribution in [-0.4, -0.2) is 43.4 Å². The number of thioether (sulfide) groups is 1. The number of imidazole rings is 1. The standard InChI is InChI=1S/C13H11N3O4S/c17-11-8(12-16(11)9(6-21-12)13(18)19)3-7-4-14-10-5-20-2-1-15(7)10/h3-4,6,12H,1-2,5H2,(H,18,19). The molecule has 0 aromatic carbocycles. The van der Waals surface area contributed by atoms with E-state index in [1.165, 1.54) is 22.1 Å². The van der Waals surface area contributed by atoms with Crippen LogP contribution >= 0.6 is 11.8 Å². The summed E-state index contributed by atoms with van der Waals surface area (Å²) in [5, 5.41) is 10.3. The number of hydrogen-bond acceptors (Lipinski definition) is 5. The number of carboxylic acid groups (broad SMARTS) is 1. The van der Waals surface area contributed by atoms with Crippen LogP contribution in [0.15, 0.2) is 22.9 Å². The topological polar surface area (TPSA) is 84.7 Å². The lowest BCUT2D eigenvalue weighted by atomic mass is 10.0. The number of carbonyl (C=O) groups is 2. The van der Waals surface area contributed by atoms with Gasteiger partial charge in [-0.1, -0.05) is 0 Å². The Labute approximate surface area is 123 Å². The summed E-state index contributed by atoms with van der Waals surface area (Å²) in [4.78, 5) is 28.8. The minimum Gasteiger partial charge on any atom is -0.477 e. The molecule has 8 heteroatoms. The van der Waals surface area contributed by atoms with Crippen molar-refractivity contribution in [2.24, 2.45) is 0 Å². The quantitative estimate of drug-likeness (QED) is 0.637. The maximum atomic E-state index is 12.1. The molecule has 3 aliphatic heterocycles. The van der Waals surface area contributed by atoms with Crippen LogP contribution in [0, 0.1) is 0 Å². The van der Waals surface area contributed by atoms with Gasteiger partial charge in [-0.3, -0.25) is 9.69 Å². The molecule has 1 N–H and O–H groups in total. The van der Waals surface area contributed by atoms with Crippen molar-refractivity contribution in [3.05, 3.63) is 34.4 Å². The number of β-lactam (4-membered cyclic amide) rings is 1. The van der Waals surface area contributed by atoms with Gasteiger partial charge in [-0.15, -0.1) is 11.8 Å². The summed E-state index contributed by atoms with van der Waals surface area (Å²) in [5.74, 6) is -0.474. The van der Waals surface area contributed by atoms with Gasteiger partial charge in [0, 0.05) is 12.0 Å². The van der Waals surface area contributed by atoms with Gasteiger partial charge in [-0.2, -0.15) is 0 Å². The van der Waals surface area contributed by atoms with E-state index in [1.807, 2.05) is 4.57 Å². The lowest BCUT2D eigenvalue weighted by Crippen LogP contribution is -2.51. The van der Waals surface area contributed by atoms with Gasteiger partial charge in [-0.05, 0) is 6.08 Å². The SMILES string of the molecule is O=C(O)C1=CSC2C(=Cc3cnc4n3CCOC4)C(=O)N12. The van der Waals surface area contributed by atoms with Crippen molar-refractivity contribution in [3.63, 3.8) is 0 Å². The average molecular weight is 305 g/mol. The van der Waals surface area contributed by atoms with Crippen molar-refractivity contribution in [2.75, 3.05) is 6.61 Å². The molecular formula is C13H11N3O4S. The van der Waals surface area contributed by atoms with Gasteiger partial charge in [0.25, 0.3) is 5.91 Å². The highest BCUT2D eigenvalue weighted by molar-refractivity contribution is 8.03. The summed E-state index contributed by atoms with van der Waals surface area (Å²) in [5.41, 5.74) is 1.53. The third kappa shape index (κ3) is 1.76. The smallest absolute Gasteiger partial charge is 0.353 e. The molecule has 4 heterocycles. The van der Waals surface area contributed by atoms with Crippen molar-refractivity contribution in [2.45, 2.75) is 18.5 Å². The number of rotatable bonds is 2. The first-order valence-corrected chi connectivity index (χ1v) is 7.37. The van der Waals surface area contributed by atoms with Crippen molar-refractivity contribution < 1.29 is 19.4 Å². The lowest BCUT2D eigenvalue weighted by Gasteiger charge is -2.37. The summed E-state index contributed by atoms with van der Waals surface area (Å²) >= 11 is 1.34. The predicted molar refractivity (Wildman–Crippen MR) is 73.8 cm³/mol. The molecule has 0 radical (unpaired) electrons. The molecule has 1 aromatic heterocycles. The van der Waals surface area contributed by atoms with Crippen LogP contribution in [0.5, 0.6) is 0 Å². The first-order valence-electron chi connectivity index (χ1n) is 6.43. The summed E-state index contributed by atoms with van der Waals surface area (Å²) in [6, 6.07) is 0. The van der Waals surface area contributed by atoms with E-state index >= 15 is 0 Å². The van der Waals surface area contributed by atoms with E-state index in [-0.39, 0.29) is 17.0 Å². The molecule has 108 valence electrons. The van der Waals surface area contributed by atoms with E-state index in [0.29, 0.717) is 25.3 Å². The number of ether oxygens (including phenoxy) is 1. The van der Waals surface area contributed by atoms with Gasteiger partial charge in [0.1, 0.15) is 23.5 Å². The normalized spacial score (nSPS) is 25.4. The Hall–Kier alpha value is -2.06. The molecule has 0 spiro atoms. The van der Waals surface area contributed by atoms with E-state index in [2.05, 4.69) is 4.98 Å². The van der Waals surface area contributed by atoms with Crippen LogP contribution in [0.25, 0.3) is 6.08 Å². The van der Waals surface area contributed by atoms with Crippen molar-refractivity contribution in [1.29, 1.82) is 0 Å². The number of carbonyl (C=O) groups excluding carboxylic acids is 1. The van der Waals surface area contributed by atoms with Crippen molar-refractivity contribution in [1.82, 2.24) is 14.5 Å². The fourth-order valence-electron chi connectivity index (χ4n) is 2.66. The number of amides is 1. The van der Waals surface area contributed by atoms with Gasteiger partial charge >= 0.3 is 5.97 Å². The molecular weight excluding hydrogens is 294 g/mol. The van der Waals surface area contributed by atoms with Gasteiger partial charge < -0.3 is 14.4 Å². The van der Waals surface area contributed by atoms with E-state index in [0.717, 1.165) is 11.5 Å². The number of nitrogens with zero attached hydrogens (tertiary/aromatic N) is 3. The Morgan fingerprint density at radius 2 is 2.43 bits per heavy atom. The van der Waals surface area contributed by atoms with Crippen LogP contribution in [0.4, 0.5) is 0 Å². The maximum absolute atomic E-state index is 12.1. The molecule has 1 atom stereocenters. The average Bonchev–Trinajstić information content (AvgIpc) is 3.06.